The molecule has 358 valence electrons. The molecule has 19 nitrogen and oxygen atoms in total. The minimum Gasteiger partial charge on any atom is -0.497 e. The molecule has 1 aromatic heterocycles. The highest BCUT2D eigenvalue weighted by molar-refractivity contribution is 7.89. The van der Waals surface area contributed by atoms with Gasteiger partial charge in [0.25, 0.3) is 5.91 Å². The number of nitrogens with zero attached hydrogens (tertiary/aromatic N) is 1. The summed E-state index contributed by atoms with van der Waals surface area (Å²) < 4.78 is 64.9. The van der Waals surface area contributed by atoms with Gasteiger partial charge in [0.2, 0.25) is 27.7 Å². The van der Waals surface area contributed by atoms with Crippen molar-refractivity contribution in [2.24, 2.45) is 0 Å². The molecule has 3 atom stereocenters. The molecule has 3 unspecified atom stereocenters. The quantitative estimate of drug-likeness (QED) is 0.0374. The van der Waals surface area contributed by atoms with Crippen molar-refractivity contribution in [1.82, 2.24) is 35.9 Å². The molecule has 7 rings (SSSR count). The van der Waals surface area contributed by atoms with Gasteiger partial charge >= 0.3 is 12.1 Å². The Labute approximate surface area is 390 Å². The topological polar surface area (TPSA) is 253 Å². The van der Waals surface area contributed by atoms with E-state index < -0.39 is 89.2 Å². The lowest BCUT2D eigenvalue weighted by molar-refractivity contribution is -0.164. The van der Waals surface area contributed by atoms with Gasteiger partial charge in [-0.3, -0.25) is 24.0 Å². The largest absolute Gasteiger partial charge is 0.497 e. The molecule has 1 saturated heterocycles. The number of nitrogens with one attached hydrogen (secondary N) is 6. The molecule has 21 heteroatoms. The lowest BCUT2D eigenvalue weighted by atomic mass is 9.91. The van der Waals surface area contributed by atoms with Gasteiger partial charge in [-0.1, -0.05) is 42.5 Å². The Kier molecular flexibility index (Phi) is 15.6. The van der Waals surface area contributed by atoms with Crippen LogP contribution in [0.4, 0.5) is 9.18 Å². The van der Waals surface area contributed by atoms with Crippen LogP contribution in [0.15, 0.2) is 95.9 Å². The summed E-state index contributed by atoms with van der Waals surface area (Å²) in [7, 11) is -2.58. The number of β-lactam (4-membered cyclic amide) rings is 1. The molecule has 0 aliphatic carbocycles. The van der Waals surface area contributed by atoms with Crippen molar-refractivity contribution in [2.75, 3.05) is 33.4 Å². The van der Waals surface area contributed by atoms with Gasteiger partial charge in [-0.05, 0) is 73.4 Å². The molecule has 4 aromatic carbocycles. The first-order valence-corrected chi connectivity index (χ1v) is 23.2. The van der Waals surface area contributed by atoms with Crippen LogP contribution in [-0.4, -0.2) is 105 Å². The molecular weight excluding hydrogens is 906 g/mol. The van der Waals surface area contributed by atoms with E-state index in [2.05, 4.69) is 31.0 Å². The van der Waals surface area contributed by atoms with Crippen LogP contribution in [0.1, 0.15) is 42.9 Å². The molecule has 6 N–H and O–H groups in total. The number of sulfonamides is 1. The molecule has 3 heterocycles. The normalized spacial score (nSPS) is 16.2. The molecule has 5 aromatic rings. The second kappa shape index (κ2) is 21.9. The van der Waals surface area contributed by atoms with Crippen molar-refractivity contribution in [3.63, 3.8) is 0 Å². The van der Waals surface area contributed by atoms with Crippen molar-refractivity contribution >= 4 is 56.6 Å². The van der Waals surface area contributed by atoms with Gasteiger partial charge in [0, 0.05) is 54.2 Å². The summed E-state index contributed by atoms with van der Waals surface area (Å²) in [5.74, 6) is -3.33. The van der Waals surface area contributed by atoms with Crippen LogP contribution in [-0.2, 0) is 63.2 Å². The number of carbonyl (C=O) groups excluding carboxylic acids is 6. The van der Waals surface area contributed by atoms with Crippen LogP contribution in [0.25, 0.3) is 22.2 Å². The Morgan fingerprint density at radius 1 is 0.882 bits per heavy atom. The number of benzene rings is 4. The number of rotatable bonds is 20. The van der Waals surface area contributed by atoms with Crippen molar-refractivity contribution in [3.8, 4) is 22.8 Å². The SMILES string of the molecule is CCNC(=O)C(CCCNC(=O)OCc1ccccc1)NC(=O)CC1C(NC(=O)COc2ccc3c(c2)S(=O)(=O)NCc2c-3[nH]c3ccc(F)cc23)C(=O)N1CC(=O)OCc1ccc(OC)cc1. The van der Waals surface area contributed by atoms with E-state index >= 15 is 0 Å². The fraction of sp³-hybridized carbons (Fsp3) is 0.319. The molecule has 5 amide bonds. The van der Waals surface area contributed by atoms with Crippen LogP contribution < -0.4 is 35.5 Å². The zero-order valence-electron chi connectivity index (χ0n) is 37.1. The van der Waals surface area contributed by atoms with Gasteiger partial charge in [-0.2, -0.15) is 0 Å². The summed E-state index contributed by atoms with van der Waals surface area (Å²) in [4.78, 5) is 83.1. The summed E-state index contributed by atoms with van der Waals surface area (Å²) in [6, 6.07) is 20.8. The number of likely N-dealkylation sites (N-methyl/N-ethyl adjacent to an activating group) is 1. The highest BCUT2D eigenvalue weighted by Gasteiger charge is 2.50. The van der Waals surface area contributed by atoms with E-state index in [1.807, 2.05) is 30.3 Å². The number of likely N-dealkylation sites (tertiary alicyclic amines) is 1. The molecule has 0 saturated carbocycles. The molecule has 2 aliphatic heterocycles. The number of halogens is 1. The number of ether oxygens (including phenoxy) is 4. The summed E-state index contributed by atoms with van der Waals surface area (Å²) in [6.45, 7) is 0.695. The molecule has 68 heavy (non-hydrogen) atoms. The number of hydrogen-bond acceptors (Lipinski definition) is 12. The first-order chi connectivity index (χ1) is 32.7. The number of methoxy groups -OCH3 is 1. The van der Waals surface area contributed by atoms with E-state index in [4.69, 9.17) is 18.9 Å². The molecule has 0 radical (unpaired) electrons. The second-order valence-electron chi connectivity index (χ2n) is 15.9. The Balaban J connectivity index is 0.993. The van der Waals surface area contributed by atoms with E-state index in [1.54, 1.807) is 37.3 Å². The van der Waals surface area contributed by atoms with E-state index in [1.165, 1.54) is 37.4 Å². The Morgan fingerprint density at radius 3 is 2.37 bits per heavy atom. The maximum atomic E-state index is 14.1. The average Bonchev–Trinajstić information content (AvgIpc) is 3.65. The molecule has 2 aliphatic rings. The number of amides is 5. The molecule has 0 bridgehead atoms. The van der Waals surface area contributed by atoms with Crippen LogP contribution in [0.2, 0.25) is 0 Å². The molecule has 1 fully saturated rings. The van der Waals surface area contributed by atoms with Crippen molar-refractivity contribution in [2.45, 2.75) is 69.0 Å². The van der Waals surface area contributed by atoms with Crippen LogP contribution >= 0.6 is 0 Å². The van der Waals surface area contributed by atoms with Gasteiger partial charge in [0.1, 0.15) is 49.2 Å². The Morgan fingerprint density at radius 2 is 1.62 bits per heavy atom. The highest BCUT2D eigenvalue weighted by atomic mass is 32.2. The van der Waals surface area contributed by atoms with Crippen molar-refractivity contribution < 1.29 is 60.5 Å². The number of fused-ring (bicyclic) bond motifs is 5. The van der Waals surface area contributed by atoms with E-state index in [-0.39, 0.29) is 56.3 Å². The third-order valence-corrected chi connectivity index (χ3v) is 12.7. The fourth-order valence-electron chi connectivity index (χ4n) is 7.80. The minimum atomic E-state index is -4.10. The van der Waals surface area contributed by atoms with Crippen molar-refractivity contribution in [3.05, 3.63) is 114 Å². The maximum Gasteiger partial charge on any atom is 0.407 e. The highest BCUT2D eigenvalue weighted by Crippen LogP contribution is 2.38. The van der Waals surface area contributed by atoms with E-state index in [0.29, 0.717) is 39.0 Å². The number of H-pyrrole nitrogens is 1. The van der Waals surface area contributed by atoms with E-state index in [9.17, 15) is 41.6 Å². The van der Waals surface area contributed by atoms with Gasteiger partial charge in [0.05, 0.1) is 23.7 Å². The number of hydrogen-bond donors (Lipinski definition) is 6. The van der Waals surface area contributed by atoms with Gasteiger partial charge in [-0.25, -0.2) is 22.3 Å². The smallest absolute Gasteiger partial charge is 0.407 e. The number of aromatic nitrogens is 1. The van der Waals surface area contributed by atoms with Gasteiger partial charge in [-0.15, -0.1) is 0 Å². The third-order valence-electron chi connectivity index (χ3n) is 11.2. The first kappa shape index (κ1) is 48.4. The van der Waals surface area contributed by atoms with E-state index in [0.717, 1.165) is 10.5 Å². The summed E-state index contributed by atoms with van der Waals surface area (Å²) in [5.41, 5.74) is 3.38. The maximum absolute atomic E-state index is 14.1. The predicted octanol–water partition coefficient (Wildman–Crippen LogP) is 3.31. The molecular formula is C47H50FN7O12S. The Hall–Kier alpha value is -7.52. The zero-order valence-corrected chi connectivity index (χ0v) is 37.9. The summed E-state index contributed by atoms with van der Waals surface area (Å²) >= 11 is 0. The van der Waals surface area contributed by atoms with Gasteiger partial charge in [0.15, 0.2) is 6.61 Å². The average molecular weight is 956 g/mol. The number of aromatic amines is 1. The van der Waals surface area contributed by atoms with Crippen molar-refractivity contribution in [1.29, 1.82) is 0 Å². The van der Waals surface area contributed by atoms with Gasteiger partial charge < -0.3 is 50.1 Å². The standard InChI is InChI=1S/C47H50FN7O12S/c1-3-49-45(59)37(10-7-19-50-47(61)67-26-28-8-5-4-6-9-28)52-40(56)22-38-44(46(60)55(38)24-42(58)66-25-29-11-14-31(64-2)15-12-29)54-41(57)27-65-32-16-17-33-39(21-32)68(62,63)51-23-35-34-20-30(48)13-18-36(34)53-43(33)35/h4-6,8-9,11-18,20-21,37-38,44,51,53H,3,7,10,19,22-27H2,1-2H3,(H,49,59)(H,50,61)(H,52,56)(H,54,57). The zero-order chi connectivity index (χ0) is 48.4. The van der Waals surface area contributed by atoms with Crippen LogP contribution in [0.3, 0.4) is 0 Å². The lowest BCUT2D eigenvalue weighted by Gasteiger charge is -2.46. The van der Waals surface area contributed by atoms with Crippen LogP contribution in [0, 0.1) is 5.82 Å². The number of carbonyl (C=O) groups is 6. The Bertz CT molecular complexity index is 2790. The fourth-order valence-corrected chi connectivity index (χ4v) is 9.02. The number of esters is 1. The predicted molar refractivity (Wildman–Crippen MR) is 243 cm³/mol. The summed E-state index contributed by atoms with van der Waals surface area (Å²) in [6.07, 6.45) is -0.716. The van der Waals surface area contributed by atoms with Crippen LogP contribution in [0.5, 0.6) is 11.5 Å². The second-order valence-corrected chi connectivity index (χ2v) is 17.6. The minimum absolute atomic E-state index is 0.00245. The third kappa shape index (κ3) is 11.9. The monoisotopic (exact) mass is 955 g/mol. The molecule has 0 spiro atoms. The first-order valence-electron chi connectivity index (χ1n) is 21.7. The summed E-state index contributed by atoms with van der Waals surface area (Å²) in [5, 5.41) is 11.1. The lowest BCUT2D eigenvalue weighted by Crippen LogP contribution is -2.72. The number of alkyl carbamates (subject to hydrolysis) is 1.